The van der Waals surface area contributed by atoms with Gasteiger partial charge in [0.25, 0.3) is 0 Å². The summed E-state index contributed by atoms with van der Waals surface area (Å²) >= 11 is 0. The van der Waals surface area contributed by atoms with Gasteiger partial charge in [-0.05, 0) is 48.7 Å². The molecule has 2 rings (SSSR count). The third-order valence-corrected chi connectivity index (χ3v) is 5.30. The van der Waals surface area contributed by atoms with Crippen LogP contribution in [0.4, 0.5) is 5.69 Å². The molecule has 21 heavy (non-hydrogen) atoms. The lowest BCUT2D eigenvalue weighted by atomic mass is 10.1. The maximum Gasteiger partial charge on any atom is 0.245 e. The van der Waals surface area contributed by atoms with Crippen LogP contribution in [0.3, 0.4) is 0 Å². The van der Waals surface area contributed by atoms with Gasteiger partial charge >= 0.3 is 0 Å². The standard InChI is InChI=1S/C15H19N3O2S/c1-11-7-14(16)15(8-12(11)2)21(19,20)18(3)10-13-5-4-6-17-9-13/h4-9H,10,16H2,1-3H3. The largest absolute Gasteiger partial charge is 0.398 e. The van der Waals surface area contributed by atoms with E-state index in [1.807, 2.05) is 19.9 Å². The average molecular weight is 305 g/mol. The molecule has 0 spiro atoms. The average Bonchev–Trinajstić information content (AvgIpc) is 2.43. The molecule has 0 aliphatic carbocycles. The normalized spacial score (nSPS) is 11.8. The number of rotatable bonds is 4. The van der Waals surface area contributed by atoms with E-state index in [1.165, 1.54) is 11.4 Å². The van der Waals surface area contributed by atoms with E-state index in [-0.39, 0.29) is 17.1 Å². The summed E-state index contributed by atoms with van der Waals surface area (Å²) in [6.45, 7) is 4.03. The fourth-order valence-corrected chi connectivity index (χ4v) is 3.37. The Bertz CT molecular complexity index is 743. The number of aromatic nitrogens is 1. The van der Waals surface area contributed by atoms with E-state index in [1.54, 1.807) is 30.6 Å². The van der Waals surface area contributed by atoms with E-state index >= 15 is 0 Å². The predicted molar refractivity (Wildman–Crippen MR) is 83.2 cm³/mol. The molecule has 1 heterocycles. The Morgan fingerprint density at radius 2 is 1.90 bits per heavy atom. The molecule has 0 fully saturated rings. The molecule has 0 bridgehead atoms. The van der Waals surface area contributed by atoms with Crippen LogP contribution in [0.5, 0.6) is 0 Å². The Hall–Kier alpha value is -1.92. The molecular weight excluding hydrogens is 286 g/mol. The van der Waals surface area contributed by atoms with E-state index in [4.69, 9.17) is 5.73 Å². The molecule has 5 nitrogen and oxygen atoms in total. The van der Waals surface area contributed by atoms with Crippen molar-refractivity contribution in [2.75, 3.05) is 12.8 Å². The molecule has 0 amide bonds. The minimum absolute atomic E-state index is 0.150. The highest BCUT2D eigenvalue weighted by molar-refractivity contribution is 7.89. The highest BCUT2D eigenvalue weighted by Gasteiger charge is 2.24. The molecule has 0 saturated heterocycles. The SMILES string of the molecule is Cc1cc(N)c(S(=O)(=O)N(C)Cc2cccnc2)cc1C. The van der Waals surface area contributed by atoms with Crippen LogP contribution in [-0.2, 0) is 16.6 Å². The molecule has 112 valence electrons. The van der Waals surface area contributed by atoms with Crippen LogP contribution in [0.15, 0.2) is 41.6 Å². The third-order valence-electron chi connectivity index (χ3n) is 3.44. The number of anilines is 1. The zero-order valence-electron chi connectivity index (χ0n) is 12.4. The van der Waals surface area contributed by atoms with Crippen molar-refractivity contribution in [3.63, 3.8) is 0 Å². The lowest BCUT2D eigenvalue weighted by molar-refractivity contribution is 0.466. The number of nitrogen functional groups attached to an aromatic ring is 1. The van der Waals surface area contributed by atoms with E-state index < -0.39 is 10.0 Å². The second kappa shape index (κ2) is 5.83. The number of sulfonamides is 1. The Labute approximate surface area is 125 Å². The van der Waals surface area contributed by atoms with Crippen LogP contribution < -0.4 is 5.73 Å². The summed E-state index contributed by atoms with van der Waals surface area (Å²) in [5, 5.41) is 0. The van der Waals surface area contributed by atoms with Crippen molar-refractivity contribution in [3.05, 3.63) is 53.3 Å². The van der Waals surface area contributed by atoms with Gasteiger partial charge in [-0.25, -0.2) is 8.42 Å². The fraction of sp³-hybridized carbons (Fsp3) is 0.267. The second-order valence-electron chi connectivity index (χ2n) is 5.10. The van der Waals surface area contributed by atoms with Crippen LogP contribution in [-0.4, -0.2) is 24.8 Å². The molecule has 0 aliphatic rings. The van der Waals surface area contributed by atoms with Gasteiger partial charge in [-0.3, -0.25) is 4.98 Å². The van der Waals surface area contributed by atoms with Gasteiger partial charge in [-0.2, -0.15) is 4.31 Å². The highest BCUT2D eigenvalue weighted by atomic mass is 32.2. The molecule has 0 unspecified atom stereocenters. The van der Waals surface area contributed by atoms with Crippen molar-refractivity contribution in [3.8, 4) is 0 Å². The minimum atomic E-state index is -3.63. The van der Waals surface area contributed by atoms with E-state index in [0.717, 1.165) is 16.7 Å². The summed E-state index contributed by atoms with van der Waals surface area (Å²) in [7, 11) is -2.09. The van der Waals surface area contributed by atoms with Crippen molar-refractivity contribution in [1.29, 1.82) is 0 Å². The lowest BCUT2D eigenvalue weighted by Gasteiger charge is -2.19. The van der Waals surface area contributed by atoms with Gasteiger partial charge in [-0.1, -0.05) is 6.07 Å². The van der Waals surface area contributed by atoms with Crippen LogP contribution in [0.25, 0.3) is 0 Å². The topological polar surface area (TPSA) is 76.3 Å². The zero-order chi connectivity index (χ0) is 15.6. The van der Waals surface area contributed by atoms with Gasteiger partial charge in [0.15, 0.2) is 0 Å². The number of pyridine rings is 1. The van der Waals surface area contributed by atoms with Crippen molar-refractivity contribution in [2.24, 2.45) is 0 Å². The molecular formula is C15H19N3O2S. The molecule has 1 aromatic carbocycles. The Morgan fingerprint density at radius 1 is 1.24 bits per heavy atom. The first-order valence-electron chi connectivity index (χ1n) is 6.54. The molecule has 2 aromatic rings. The summed E-state index contributed by atoms with van der Waals surface area (Å²) in [5.41, 5.74) is 8.86. The van der Waals surface area contributed by atoms with Crippen molar-refractivity contribution >= 4 is 15.7 Å². The summed E-state index contributed by atoms with van der Waals surface area (Å²) < 4.78 is 26.6. The van der Waals surface area contributed by atoms with E-state index in [0.29, 0.717) is 0 Å². The summed E-state index contributed by atoms with van der Waals surface area (Å²) in [4.78, 5) is 4.14. The zero-order valence-corrected chi connectivity index (χ0v) is 13.2. The number of benzene rings is 1. The first kappa shape index (κ1) is 15.5. The van der Waals surface area contributed by atoms with Gasteiger partial charge in [0.1, 0.15) is 4.90 Å². The van der Waals surface area contributed by atoms with Crippen LogP contribution in [0, 0.1) is 13.8 Å². The van der Waals surface area contributed by atoms with Gasteiger partial charge in [-0.15, -0.1) is 0 Å². The smallest absolute Gasteiger partial charge is 0.245 e. The molecule has 2 N–H and O–H groups in total. The monoisotopic (exact) mass is 305 g/mol. The molecule has 6 heteroatoms. The predicted octanol–water partition coefficient (Wildman–Crippen LogP) is 2.10. The second-order valence-corrected chi connectivity index (χ2v) is 7.11. The Morgan fingerprint density at radius 3 is 2.52 bits per heavy atom. The van der Waals surface area contributed by atoms with Crippen LogP contribution in [0.1, 0.15) is 16.7 Å². The first-order chi connectivity index (χ1) is 9.82. The van der Waals surface area contributed by atoms with Crippen LogP contribution >= 0.6 is 0 Å². The van der Waals surface area contributed by atoms with Gasteiger partial charge in [0.05, 0.1) is 5.69 Å². The number of nitrogens with two attached hydrogens (primary N) is 1. The van der Waals surface area contributed by atoms with Crippen molar-refractivity contribution in [1.82, 2.24) is 9.29 Å². The molecule has 0 radical (unpaired) electrons. The fourth-order valence-electron chi connectivity index (χ4n) is 2.04. The molecule has 1 aromatic heterocycles. The number of nitrogens with zero attached hydrogens (tertiary/aromatic N) is 2. The minimum Gasteiger partial charge on any atom is -0.398 e. The number of aryl methyl sites for hydroxylation is 2. The summed E-state index contributed by atoms with van der Waals surface area (Å²) in [6.07, 6.45) is 3.30. The Kier molecular flexibility index (Phi) is 4.29. The number of hydrogen-bond donors (Lipinski definition) is 1. The summed E-state index contributed by atoms with van der Waals surface area (Å²) in [6, 6.07) is 6.93. The van der Waals surface area contributed by atoms with E-state index in [2.05, 4.69) is 4.98 Å². The maximum absolute atomic E-state index is 12.6. The van der Waals surface area contributed by atoms with Gasteiger partial charge < -0.3 is 5.73 Å². The third kappa shape index (κ3) is 3.22. The molecule has 0 atom stereocenters. The van der Waals surface area contributed by atoms with Gasteiger partial charge in [0.2, 0.25) is 10.0 Å². The van der Waals surface area contributed by atoms with Crippen molar-refractivity contribution < 1.29 is 8.42 Å². The highest BCUT2D eigenvalue weighted by Crippen LogP contribution is 2.25. The maximum atomic E-state index is 12.6. The Balaban J connectivity index is 2.36. The quantitative estimate of drug-likeness (QED) is 0.878. The molecule has 0 saturated carbocycles. The summed E-state index contributed by atoms with van der Waals surface area (Å²) in [5.74, 6) is 0. The van der Waals surface area contributed by atoms with Gasteiger partial charge in [0, 0.05) is 26.0 Å². The van der Waals surface area contributed by atoms with E-state index in [9.17, 15) is 8.42 Å². The molecule has 0 aliphatic heterocycles. The van der Waals surface area contributed by atoms with Crippen molar-refractivity contribution in [2.45, 2.75) is 25.3 Å². The van der Waals surface area contributed by atoms with Crippen LogP contribution in [0.2, 0.25) is 0 Å². The number of hydrogen-bond acceptors (Lipinski definition) is 4. The lowest BCUT2D eigenvalue weighted by Crippen LogP contribution is -2.27. The first-order valence-corrected chi connectivity index (χ1v) is 7.98.